The van der Waals surface area contributed by atoms with Gasteiger partial charge in [-0.1, -0.05) is 18.7 Å². The summed E-state index contributed by atoms with van der Waals surface area (Å²) >= 11 is 4.63. The van der Waals surface area contributed by atoms with Crippen molar-refractivity contribution in [3.8, 4) is 0 Å². The van der Waals surface area contributed by atoms with Crippen LogP contribution in [-0.2, 0) is 0 Å². The first-order valence-electron chi connectivity index (χ1n) is 2.62. The number of hydrogen-bond donors (Lipinski definition) is 0. The Kier molecular flexibility index (Phi) is 2.22. The van der Waals surface area contributed by atoms with Gasteiger partial charge in [0.05, 0.1) is 0 Å². The number of hydrogen-bond acceptors (Lipinski definition) is 1. The maximum absolute atomic E-state index is 4.63. The summed E-state index contributed by atoms with van der Waals surface area (Å²) in [4.78, 5) is 3.91. The van der Waals surface area contributed by atoms with E-state index in [1.54, 1.807) is 17.8 Å². The third-order valence-electron chi connectivity index (χ3n) is 0.945. The van der Waals surface area contributed by atoms with Crippen molar-refractivity contribution in [3.05, 3.63) is 35.5 Å². The van der Waals surface area contributed by atoms with Gasteiger partial charge < -0.3 is 0 Å². The summed E-state index contributed by atoms with van der Waals surface area (Å²) in [6.45, 7) is 0. The topological polar surface area (TPSA) is 12.9 Å². The van der Waals surface area contributed by atoms with Gasteiger partial charge in [0.2, 0.25) is 0 Å². The van der Waals surface area contributed by atoms with Crippen LogP contribution in [0.2, 0.25) is 0 Å². The zero-order valence-corrected chi connectivity index (χ0v) is 5.64. The van der Waals surface area contributed by atoms with Gasteiger partial charge in [-0.05, 0) is 17.7 Å². The molecular formula is C7H6NS. The number of nitrogens with zero attached hydrogens (tertiary/aromatic N) is 1. The van der Waals surface area contributed by atoms with Gasteiger partial charge in [-0.15, -0.1) is 0 Å². The molecule has 45 valence electrons. The Morgan fingerprint density at radius 1 is 1.56 bits per heavy atom. The van der Waals surface area contributed by atoms with E-state index in [1.165, 1.54) is 0 Å². The molecule has 0 spiro atoms. The van der Waals surface area contributed by atoms with Crippen molar-refractivity contribution in [2.24, 2.45) is 0 Å². The third kappa shape index (κ3) is 1.82. The maximum Gasteiger partial charge on any atom is 0.0340 e. The summed E-state index contributed by atoms with van der Waals surface area (Å²) in [7, 11) is 0. The average Bonchev–Trinajstić information content (AvgIpc) is 1.91. The van der Waals surface area contributed by atoms with E-state index >= 15 is 0 Å². The quantitative estimate of drug-likeness (QED) is 0.577. The molecule has 0 aliphatic carbocycles. The number of pyridine rings is 1. The van der Waals surface area contributed by atoms with Crippen molar-refractivity contribution in [3.63, 3.8) is 0 Å². The SMILES string of the molecule is [S]C=Cc1cccnc1. The Labute approximate surface area is 59.8 Å². The van der Waals surface area contributed by atoms with E-state index in [0.717, 1.165) is 5.56 Å². The Balaban J connectivity index is 2.85. The normalized spacial score (nSPS) is 10.2. The molecule has 0 unspecified atom stereocenters. The summed E-state index contributed by atoms with van der Waals surface area (Å²) in [5.41, 5.74) is 1.05. The van der Waals surface area contributed by atoms with Crippen LogP contribution in [0.5, 0.6) is 0 Å². The molecule has 1 aromatic rings. The first-order valence-corrected chi connectivity index (χ1v) is 3.09. The molecule has 0 aromatic carbocycles. The number of rotatable bonds is 1. The Hall–Kier alpha value is -0.890. The van der Waals surface area contributed by atoms with Crippen LogP contribution in [0.4, 0.5) is 0 Å². The molecule has 0 bridgehead atoms. The van der Waals surface area contributed by atoms with E-state index < -0.39 is 0 Å². The summed E-state index contributed by atoms with van der Waals surface area (Å²) in [5.74, 6) is 0. The molecule has 0 amide bonds. The van der Waals surface area contributed by atoms with E-state index in [-0.39, 0.29) is 0 Å². The van der Waals surface area contributed by atoms with Crippen LogP contribution in [0.15, 0.2) is 29.9 Å². The Morgan fingerprint density at radius 2 is 2.44 bits per heavy atom. The molecule has 1 heterocycles. The lowest BCUT2D eigenvalue weighted by Crippen LogP contribution is -1.70. The molecule has 0 aliphatic heterocycles. The highest BCUT2D eigenvalue weighted by Gasteiger charge is 1.79. The van der Waals surface area contributed by atoms with Crippen molar-refractivity contribution in [2.45, 2.75) is 0 Å². The molecule has 0 saturated heterocycles. The highest BCUT2D eigenvalue weighted by atomic mass is 32.1. The fourth-order valence-corrected chi connectivity index (χ4v) is 0.710. The highest BCUT2D eigenvalue weighted by molar-refractivity contribution is 7.83. The second-order valence-electron chi connectivity index (χ2n) is 1.59. The van der Waals surface area contributed by atoms with Crippen LogP contribution >= 0.6 is 12.6 Å². The lowest BCUT2D eigenvalue weighted by Gasteiger charge is -1.85. The van der Waals surface area contributed by atoms with Gasteiger partial charge >= 0.3 is 0 Å². The lowest BCUT2D eigenvalue weighted by atomic mass is 10.3. The largest absolute Gasteiger partial charge is 0.264 e. The minimum Gasteiger partial charge on any atom is -0.264 e. The van der Waals surface area contributed by atoms with Gasteiger partial charge in [-0.3, -0.25) is 4.98 Å². The second-order valence-corrected chi connectivity index (χ2v) is 1.86. The van der Waals surface area contributed by atoms with Crippen molar-refractivity contribution >= 4 is 18.7 Å². The minimum absolute atomic E-state index is 1.05. The molecule has 1 radical (unpaired) electrons. The van der Waals surface area contributed by atoms with Gasteiger partial charge in [-0.25, -0.2) is 0 Å². The second kappa shape index (κ2) is 3.20. The zero-order chi connectivity index (χ0) is 6.53. The third-order valence-corrected chi connectivity index (χ3v) is 1.08. The molecule has 2 heteroatoms. The van der Waals surface area contributed by atoms with Crippen LogP contribution < -0.4 is 0 Å². The molecule has 1 aromatic heterocycles. The van der Waals surface area contributed by atoms with Gasteiger partial charge in [-0.2, -0.15) is 0 Å². The Morgan fingerprint density at radius 3 is 3.00 bits per heavy atom. The smallest absolute Gasteiger partial charge is 0.0340 e. The van der Waals surface area contributed by atoms with Gasteiger partial charge in [0.25, 0.3) is 0 Å². The van der Waals surface area contributed by atoms with E-state index in [9.17, 15) is 0 Å². The molecule has 0 N–H and O–H groups in total. The monoisotopic (exact) mass is 136 g/mol. The zero-order valence-electron chi connectivity index (χ0n) is 4.82. The van der Waals surface area contributed by atoms with Crippen molar-refractivity contribution in [1.82, 2.24) is 4.98 Å². The summed E-state index contributed by atoms with van der Waals surface area (Å²) in [5, 5.41) is 1.58. The van der Waals surface area contributed by atoms with Crippen molar-refractivity contribution in [2.75, 3.05) is 0 Å². The van der Waals surface area contributed by atoms with Crippen molar-refractivity contribution in [1.29, 1.82) is 0 Å². The predicted molar refractivity (Wildman–Crippen MR) is 40.9 cm³/mol. The summed E-state index contributed by atoms with van der Waals surface area (Å²) < 4.78 is 0. The van der Waals surface area contributed by atoms with Crippen LogP contribution in [-0.4, -0.2) is 4.98 Å². The van der Waals surface area contributed by atoms with Gasteiger partial charge in [0, 0.05) is 17.8 Å². The van der Waals surface area contributed by atoms with Crippen molar-refractivity contribution < 1.29 is 0 Å². The molecule has 9 heavy (non-hydrogen) atoms. The van der Waals surface area contributed by atoms with E-state index in [0.29, 0.717) is 0 Å². The minimum atomic E-state index is 1.05. The van der Waals surface area contributed by atoms with Crippen LogP contribution in [0.25, 0.3) is 6.08 Å². The average molecular weight is 136 g/mol. The molecular weight excluding hydrogens is 130 g/mol. The standard InChI is InChI=1S/C7H6NS/c9-5-3-7-2-1-4-8-6-7/h1-6H. The molecule has 1 nitrogen and oxygen atoms in total. The molecule has 0 saturated carbocycles. The van der Waals surface area contributed by atoms with E-state index in [2.05, 4.69) is 17.6 Å². The fourth-order valence-electron chi connectivity index (χ4n) is 0.553. The summed E-state index contributed by atoms with van der Waals surface area (Å²) in [6, 6.07) is 3.83. The number of aromatic nitrogens is 1. The molecule has 0 atom stereocenters. The maximum atomic E-state index is 4.63. The van der Waals surface area contributed by atoms with Crippen LogP contribution in [0, 0.1) is 0 Å². The molecule has 1 rings (SSSR count). The Bertz CT molecular complexity index is 193. The first kappa shape index (κ1) is 6.23. The van der Waals surface area contributed by atoms with E-state index in [4.69, 9.17) is 0 Å². The van der Waals surface area contributed by atoms with E-state index in [1.807, 2.05) is 18.2 Å². The predicted octanol–water partition coefficient (Wildman–Crippen LogP) is 2.25. The van der Waals surface area contributed by atoms with Crippen LogP contribution in [0.1, 0.15) is 5.56 Å². The van der Waals surface area contributed by atoms with Gasteiger partial charge in [0.15, 0.2) is 0 Å². The highest BCUT2D eigenvalue weighted by Crippen LogP contribution is 1.98. The first-order chi connectivity index (χ1) is 4.43. The summed E-state index contributed by atoms with van der Waals surface area (Å²) in [6.07, 6.45) is 5.34. The fraction of sp³-hybridized carbons (Fsp3) is 0. The molecule has 0 fully saturated rings. The molecule has 0 aliphatic rings. The van der Waals surface area contributed by atoms with Gasteiger partial charge in [0.1, 0.15) is 0 Å². The van der Waals surface area contributed by atoms with Crippen LogP contribution in [0.3, 0.4) is 0 Å². The lowest BCUT2D eigenvalue weighted by molar-refractivity contribution is 1.32.